The third kappa shape index (κ3) is 3.34. The number of benzene rings is 1. The number of H-pyrrole nitrogens is 1. The number of aromatic nitrogens is 6. The number of carbonyl (C=O) groups excluding carboxylic acids is 1. The van der Waals surface area contributed by atoms with Crippen molar-refractivity contribution in [2.24, 2.45) is 7.05 Å². The maximum Gasteiger partial charge on any atom is 0.253 e. The van der Waals surface area contributed by atoms with Crippen molar-refractivity contribution >= 4 is 16.9 Å². The molecule has 8 nitrogen and oxygen atoms in total. The highest BCUT2D eigenvalue weighted by Gasteiger charge is 2.28. The molecule has 0 aliphatic carbocycles. The second kappa shape index (κ2) is 7.37. The number of aromatic amines is 1. The van der Waals surface area contributed by atoms with Gasteiger partial charge in [-0.3, -0.25) is 4.79 Å². The van der Waals surface area contributed by atoms with E-state index in [4.69, 9.17) is 9.97 Å². The lowest BCUT2D eigenvalue weighted by molar-refractivity contribution is 0.0704. The number of hydrogen-bond donors (Lipinski definition) is 1. The number of nitrogens with one attached hydrogen (secondary N) is 1. The van der Waals surface area contributed by atoms with Crippen LogP contribution in [0.5, 0.6) is 0 Å². The van der Waals surface area contributed by atoms with Crippen LogP contribution in [0.1, 0.15) is 40.6 Å². The normalized spacial score (nSPS) is 16.9. The Labute approximate surface area is 174 Å². The molecule has 1 aliphatic heterocycles. The fourth-order valence-corrected chi connectivity index (χ4v) is 4.12. The van der Waals surface area contributed by atoms with Gasteiger partial charge in [-0.2, -0.15) is 0 Å². The molecule has 4 heterocycles. The van der Waals surface area contributed by atoms with Crippen LogP contribution in [0.4, 0.5) is 0 Å². The summed E-state index contributed by atoms with van der Waals surface area (Å²) >= 11 is 0. The lowest BCUT2D eigenvalue weighted by atomic mass is 9.96. The number of piperidine rings is 1. The monoisotopic (exact) mass is 401 g/mol. The van der Waals surface area contributed by atoms with Crippen molar-refractivity contribution in [2.45, 2.75) is 25.7 Å². The largest absolute Gasteiger partial charge is 0.345 e. The number of aryl methyl sites for hydroxylation is 2. The molecule has 1 amide bonds. The zero-order valence-electron chi connectivity index (χ0n) is 17.0. The van der Waals surface area contributed by atoms with Gasteiger partial charge in [0.2, 0.25) is 0 Å². The Bertz CT molecular complexity index is 1230. The predicted octanol–water partition coefficient (Wildman–Crippen LogP) is 3.08. The van der Waals surface area contributed by atoms with Gasteiger partial charge in [0.1, 0.15) is 11.5 Å². The van der Waals surface area contributed by atoms with Crippen molar-refractivity contribution in [1.29, 1.82) is 0 Å². The third-order valence-electron chi connectivity index (χ3n) is 5.66. The van der Waals surface area contributed by atoms with Crippen LogP contribution in [0.25, 0.3) is 22.6 Å². The highest BCUT2D eigenvalue weighted by molar-refractivity contribution is 5.97. The molecule has 1 fully saturated rings. The topological polar surface area (TPSA) is 92.6 Å². The molecular weight excluding hydrogens is 378 g/mol. The molecule has 152 valence electrons. The summed E-state index contributed by atoms with van der Waals surface area (Å²) in [7, 11) is 1.96. The molecule has 5 rings (SSSR count). The Morgan fingerprint density at radius 1 is 1.20 bits per heavy atom. The van der Waals surface area contributed by atoms with E-state index in [9.17, 15) is 4.79 Å². The number of likely N-dealkylation sites (tertiary alicyclic amines) is 1. The number of imidazole rings is 2. The molecule has 0 spiro atoms. The van der Waals surface area contributed by atoms with Crippen LogP contribution in [0.15, 0.2) is 43.0 Å². The van der Waals surface area contributed by atoms with E-state index < -0.39 is 0 Å². The van der Waals surface area contributed by atoms with E-state index in [1.54, 1.807) is 12.5 Å². The summed E-state index contributed by atoms with van der Waals surface area (Å²) in [5, 5.41) is 0. The molecule has 30 heavy (non-hydrogen) atoms. The van der Waals surface area contributed by atoms with Crippen LogP contribution in [0, 0.1) is 6.92 Å². The Morgan fingerprint density at radius 2 is 2.10 bits per heavy atom. The molecule has 0 bridgehead atoms. The Balaban J connectivity index is 1.40. The number of fused-ring (bicyclic) bond motifs is 1. The van der Waals surface area contributed by atoms with Crippen LogP contribution in [-0.2, 0) is 7.05 Å². The van der Waals surface area contributed by atoms with Crippen molar-refractivity contribution in [2.75, 3.05) is 13.1 Å². The third-order valence-corrected chi connectivity index (χ3v) is 5.66. The maximum atomic E-state index is 13.1. The lowest BCUT2D eigenvalue weighted by Crippen LogP contribution is -2.39. The van der Waals surface area contributed by atoms with Crippen molar-refractivity contribution in [3.8, 4) is 11.5 Å². The van der Waals surface area contributed by atoms with E-state index in [1.807, 2.05) is 53.9 Å². The number of nitrogens with zero attached hydrogens (tertiary/aromatic N) is 6. The summed E-state index contributed by atoms with van der Waals surface area (Å²) in [4.78, 5) is 36.3. The van der Waals surface area contributed by atoms with Crippen LogP contribution in [0.2, 0.25) is 0 Å². The number of carbonyl (C=O) groups is 1. The Kier molecular flexibility index (Phi) is 4.54. The molecule has 1 N–H and O–H groups in total. The van der Waals surface area contributed by atoms with Crippen molar-refractivity contribution in [3.63, 3.8) is 0 Å². The molecule has 1 atom stereocenters. The van der Waals surface area contributed by atoms with Gasteiger partial charge in [0.05, 0.1) is 17.4 Å². The summed E-state index contributed by atoms with van der Waals surface area (Å²) in [5.74, 6) is 1.75. The first-order valence-corrected chi connectivity index (χ1v) is 10.1. The summed E-state index contributed by atoms with van der Waals surface area (Å²) in [5.41, 5.74) is 4.13. The van der Waals surface area contributed by atoms with E-state index in [0.29, 0.717) is 12.1 Å². The maximum absolute atomic E-state index is 13.1. The minimum Gasteiger partial charge on any atom is -0.345 e. The van der Waals surface area contributed by atoms with Crippen molar-refractivity contribution in [3.05, 3.63) is 60.1 Å². The molecule has 0 radical (unpaired) electrons. The van der Waals surface area contributed by atoms with Gasteiger partial charge >= 0.3 is 0 Å². The molecule has 3 aromatic heterocycles. The highest BCUT2D eigenvalue weighted by atomic mass is 16.2. The molecule has 0 saturated carbocycles. The molecule has 8 heteroatoms. The van der Waals surface area contributed by atoms with Gasteiger partial charge in [-0.1, -0.05) is 0 Å². The number of amides is 1. The first-order chi connectivity index (χ1) is 14.6. The van der Waals surface area contributed by atoms with E-state index in [2.05, 4.69) is 15.0 Å². The minimum atomic E-state index is 0.0353. The van der Waals surface area contributed by atoms with E-state index in [-0.39, 0.29) is 11.8 Å². The smallest absolute Gasteiger partial charge is 0.253 e. The van der Waals surface area contributed by atoms with Crippen LogP contribution in [-0.4, -0.2) is 53.4 Å². The van der Waals surface area contributed by atoms with Crippen LogP contribution >= 0.6 is 0 Å². The van der Waals surface area contributed by atoms with Crippen molar-refractivity contribution in [1.82, 2.24) is 34.4 Å². The lowest BCUT2D eigenvalue weighted by Gasteiger charge is -2.32. The molecule has 1 aliphatic rings. The zero-order valence-corrected chi connectivity index (χ0v) is 17.0. The fourth-order valence-electron chi connectivity index (χ4n) is 4.12. The summed E-state index contributed by atoms with van der Waals surface area (Å²) in [6.07, 6.45) is 7.21. The molecule has 4 aromatic rings. The molecule has 1 unspecified atom stereocenters. The molecule has 1 saturated heterocycles. The van der Waals surface area contributed by atoms with Gasteiger partial charge in [-0.25, -0.2) is 19.9 Å². The first-order valence-electron chi connectivity index (χ1n) is 10.1. The predicted molar refractivity (Wildman–Crippen MR) is 113 cm³/mol. The summed E-state index contributed by atoms with van der Waals surface area (Å²) in [6, 6.07) is 7.55. The average molecular weight is 401 g/mol. The van der Waals surface area contributed by atoms with Gasteiger partial charge in [-0.05, 0) is 44.0 Å². The second-order valence-electron chi connectivity index (χ2n) is 7.84. The average Bonchev–Trinajstić information content (AvgIpc) is 3.41. The van der Waals surface area contributed by atoms with Gasteiger partial charge < -0.3 is 14.5 Å². The molecular formula is C22H23N7O. The van der Waals surface area contributed by atoms with Crippen molar-refractivity contribution < 1.29 is 4.79 Å². The minimum absolute atomic E-state index is 0.0353. The first kappa shape index (κ1) is 18.5. The Morgan fingerprint density at radius 3 is 2.93 bits per heavy atom. The van der Waals surface area contributed by atoms with E-state index in [0.717, 1.165) is 53.5 Å². The van der Waals surface area contributed by atoms with Crippen LogP contribution in [0.3, 0.4) is 0 Å². The van der Waals surface area contributed by atoms with Gasteiger partial charge in [0, 0.05) is 49.7 Å². The second-order valence-corrected chi connectivity index (χ2v) is 7.84. The van der Waals surface area contributed by atoms with Gasteiger partial charge in [-0.15, -0.1) is 0 Å². The summed E-state index contributed by atoms with van der Waals surface area (Å²) < 4.78 is 1.95. The summed E-state index contributed by atoms with van der Waals surface area (Å²) in [6.45, 7) is 3.33. The van der Waals surface area contributed by atoms with E-state index in [1.165, 1.54) is 0 Å². The van der Waals surface area contributed by atoms with Crippen LogP contribution < -0.4 is 0 Å². The fraction of sp³-hybridized carbons (Fsp3) is 0.318. The van der Waals surface area contributed by atoms with Gasteiger partial charge in [0.25, 0.3) is 5.91 Å². The Hall–Kier alpha value is -3.55. The number of rotatable bonds is 3. The zero-order chi connectivity index (χ0) is 20.7. The van der Waals surface area contributed by atoms with E-state index >= 15 is 0 Å². The molecule has 1 aromatic carbocycles. The number of hydrogen-bond acceptors (Lipinski definition) is 5. The quantitative estimate of drug-likeness (QED) is 0.569. The standard InChI is InChI=1S/C22H23N7O/c1-14-10-19(21-23-7-9-28(21)2)27-20(26-14)16-4-3-8-29(12-16)22(30)15-5-6-17-18(11-15)25-13-24-17/h5-7,9-11,13,16H,3-4,8,12H2,1-2H3,(H,24,25). The van der Waals surface area contributed by atoms with Gasteiger partial charge in [0.15, 0.2) is 5.82 Å². The SMILES string of the molecule is Cc1cc(-c2nccn2C)nc(C2CCCN(C(=O)c3ccc4nc[nH]c4c3)C2)n1. The highest BCUT2D eigenvalue weighted by Crippen LogP contribution is 2.28.